The van der Waals surface area contributed by atoms with Crippen LogP contribution < -0.4 is 15.5 Å². The van der Waals surface area contributed by atoms with Crippen LogP contribution in [0.2, 0.25) is 0 Å². The summed E-state index contributed by atoms with van der Waals surface area (Å²) < 4.78 is 5.78. The molecule has 3 rings (SSSR count). The van der Waals surface area contributed by atoms with E-state index in [-0.39, 0.29) is 26.7 Å². The van der Waals surface area contributed by atoms with Gasteiger partial charge in [0.15, 0.2) is 5.79 Å². The molecular formula is C25H39N3O5. The first-order valence-electron chi connectivity index (χ1n) is 11.0. The summed E-state index contributed by atoms with van der Waals surface area (Å²) in [5.41, 5.74) is 2.28. The highest BCUT2D eigenvalue weighted by atomic mass is 16.5. The minimum atomic E-state index is -1.50. The summed E-state index contributed by atoms with van der Waals surface area (Å²) in [6.07, 6.45) is 0.784. The molecule has 0 aromatic heterocycles. The van der Waals surface area contributed by atoms with Gasteiger partial charge in [-0.15, -0.1) is 0 Å². The lowest BCUT2D eigenvalue weighted by atomic mass is 10.1. The third kappa shape index (κ3) is 10.0. The van der Waals surface area contributed by atoms with E-state index in [4.69, 9.17) is 14.9 Å². The second kappa shape index (κ2) is 12.3. The van der Waals surface area contributed by atoms with Crippen LogP contribution >= 0.6 is 0 Å². The number of rotatable bonds is 7. The smallest absolute Gasteiger partial charge is 0.251 e. The lowest BCUT2D eigenvalue weighted by Gasteiger charge is -2.14. The molecule has 2 atom stereocenters. The van der Waals surface area contributed by atoms with Crippen LogP contribution in [0.5, 0.6) is 0 Å². The molecule has 1 aliphatic heterocycles. The first kappa shape index (κ1) is 26.3. The number of hydrogen-bond donors (Lipinski definition) is 4. The molecule has 4 N–H and O–H groups in total. The Bertz CT molecular complexity index is 901. The molecule has 0 unspecified atom stereocenters. The number of nitrogens with one attached hydrogen (secondary N) is 2. The third-order valence-electron chi connectivity index (χ3n) is 4.87. The zero-order valence-corrected chi connectivity index (χ0v) is 19.7. The zero-order chi connectivity index (χ0) is 24.4. The molecule has 33 heavy (non-hydrogen) atoms. The predicted octanol–water partition coefficient (Wildman–Crippen LogP) is 2.52. The molecule has 0 bridgehead atoms. The van der Waals surface area contributed by atoms with Crippen LogP contribution in [-0.2, 0) is 4.74 Å². The molecule has 0 spiro atoms. The summed E-state index contributed by atoms with van der Waals surface area (Å²) >= 11 is 0. The topological polar surface area (TPSA) is 111 Å². The molecule has 1 heterocycles. The first-order chi connectivity index (χ1) is 15.5. The van der Waals surface area contributed by atoms with E-state index in [1.165, 1.54) is 13.8 Å². The number of aliphatic hydroxyl groups is 2. The summed E-state index contributed by atoms with van der Waals surface area (Å²) in [5, 5.41) is 22.1. The van der Waals surface area contributed by atoms with Crippen molar-refractivity contribution in [1.29, 1.82) is 0 Å². The van der Waals surface area contributed by atoms with Crippen LogP contribution in [-0.4, -0.2) is 67.7 Å². The van der Waals surface area contributed by atoms with Gasteiger partial charge in [0.25, 0.3) is 11.8 Å². The minimum absolute atomic E-state index is 0. The zero-order valence-electron chi connectivity index (χ0n) is 19.7. The van der Waals surface area contributed by atoms with E-state index < -0.39 is 5.79 Å². The molecule has 2 aromatic carbocycles. The van der Waals surface area contributed by atoms with Gasteiger partial charge in [-0.1, -0.05) is 24.3 Å². The van der Waals surface area contributed by atoms with E-state index in [0.29, 0.717) is 30.8 Å². The first-order valence-corrected chi connectivity index (χ1v) is 11.0. The lowest BCUT2D eigenvalue weighted by Crippen LogP contribution is -2.32. The van der Waals surface area contributed by atoms with E-state index in [1.807, 2.05) is 55.4 Å². The lowest BCUT2D eigenvalue weighted by molar-refractivity contribution is -0.127. The van der Waals surface area contributed by atoms with Gasteiger partial charge in [0.1, 0.15) is 0 Å². The minimum Gasteiger partial charge on any atom is -0.378 e. The maximum atomic E-state index is 12.4. The standard InChI is InChI=1S/C22H27N3O3.C3H8O2.2H2/c1-25(2)19-10-6-9-18(12-19)22(27)24-14-20-11-16(15-28-20)13-23-21(26)17-7-4-3-5-8-17;1-3(2,4)5;;/h3-10,12,16,20H,11,13-15H2,1-2H3,(H,23,26)(H,24,27);4-5H,1-2H3;2*1H/t16-,20+;;;/m1.../s1. The average Bonchev–Trinajstić information content (AvgIpc) is 3.23. The van der Waals surface area contributed by atoms with Gasteiger partial charge in [-0.3, -0.25) is 9.59 Å². The molecule has 0 aliphatic carbocycles. The molecule has 1 fully saturated rings. The molecule has 2 amide bonds. The van der Waals surface area contributed by atoms with Gasteiger partial charge < -0.3 is 30.5 Å². The second-order valence-electron chi connectivity index (χ2n) is 8.78. The molecule has 2 aromatic rings. The Kier molecular flexibility index (Phi) is 9.84. The van der Waals surface area contributed by atoms with Crippen molar-refractivity contribution >= 4 is 17.5 Å². The van der Waals surface area contributed by atoms with Crippen LogP contribution in [0, 0.1) is 5.92 Å². The van der Waals surface area contributed by atoms with E-state index in [9.17, 15) is 9.59 Å². The van der Waals surface area contributed by atoms with E-state index in [1.54, 1.807) is 18.2 Å². The van der Waals surface area contributed by atoms with Crippen LogP contribution in [0.3, 0.4) is 0 Å². The number of nitrogens with zero attached hydrogens (tertiary/aromatic N) is 1. The van der Waals surface area contributed by atoms with Crippen molar-refractivity contribution in [2.45, 2.75) is 32.2 Å². The normalized spacial score (nSPS) is 17.5. The van der Waals surface area contributed by atoms with Crippen molar-refractivity contribution in [3.63, 3.8) is 0 Å². The Morgan fingerprint density at radius 3 is 2.21 bits per heavy atom. The predicted molar refractivity (Wildman–Crippen MR) is 132 cm³/mol. The number of ether oxygens (including phenoxy) is 1. The van der Waals surface area contributed by atoms with E-state index in [2.05, 4.69) is 10.6 Å². The van der Waals surface area contributed by atoms with Gasteiger partial charge in [0.2, 0.25) is 0 Å². The van der Waals surface area contributed by atoms with Gasteiger partial charge in [0.05, 0.1) is 12.7 Å². The summed E-state index contributed by atoms with van der Waals surface area (Å²) in [5.74, 6) is -1.42. The number of benzene rings is 2. The van der Waals surface area contributed by atoms with Gasteiger partial charge in [-0.2, -0.15) is 0 Å². The van der Waals surface area contributed by atoms with E-state index in [0.717, 1.165) is 12.1 Å². The van der Waals surface area contributed by atoms with Crippen LogP contribution in [0.1, 0.15) is 43.8 Å². The Balaban J connectivity index is 0.00000150. The van der Waals surface area contributed by atoms with Gasteiger partial charge >= 0.3 is 0 Å². The Morgan fingerprint density at radius 2 is 1.58 bits per heavy atom. The molecule has 1 saturated heterocycles. The highest BCUT2D eigenvalue weighted by Gasteiger charge is 2.26. The van der Waals surface area contributed by atoms with Crippen molar-refractivity contribution in [3.05, 3.63) is 65.7 Å². The van der Waals surface area contributed by atoms with Crippen molar-refractivity contribution in [3.8, 4) is 0 Å². The molecule has 0 radical (unpaired) electrons. The highest BCUT2D eigenvalue weighted by Crippen LogP contribution is 2.19. The largest absolute Gasteiger partial charge is 0.378 e. The van der Waals surface area contributed by atoms with E-state index >= 15 is 0 Å². The van der Waals surface area contributed by atoms with Crippen LogP contribution in [0.15, 0.2) is 54.6 Å². The van der Waals surface area contributed by atoms with Crippen molar-refractivity contribution in [1.82, 2.24) is 10.6 Å². The number of carbonyl (C=O) groups is 2. The fraction of sp³-hybridized carbons (Fsp3) is 0.440. The fourth-order valence-corrected chi connectivity index (χ4v) is 3.23. The Labute approximate surface area is 198 Å². The Hall–Kier alpha value is -2.94. The molecular weight excluding hydrogens is 422 g/mol. The SMILES string of the molecule is CC(C)(O)O.CN(C)c1cccc(C(=O)NC[C@@H]2C[C@H](CNC(=O)c3ccccc3)CO2)c1.[HH].[HH]. The second-order valence-corrected chi connectivity index (χ2v) is 8.78. The number of anilines is 1. The summed E-state index contributed by atoms with van der Waals surface area (Å²) in [7, 11) is 3.89. The molecule has 1 aliphatic rings. The maximum absolute atomic E-state index is 12.4. The molecule has 184 valence electrons. The van der Waals surface area contributed by atoms with Gasteiger partial charge in [-0.25, -0.2) is 0 Å². The fourth-order valence-electron chi connectivity index (χ4n) is 3.23. The van der Waals surface area contributed by atoms with Crippen molar-refractivity contribution < 1.29 is 27.4 Å². The Morgan fingerprint density at radius 1 is 1.00 bits per heavy atom. The summed E-state index contributed by atoms with van der Waals surface area (Å²) in [6.45, 7) is 4.23. The highest BCUT2D eigenvalue weighted by molar-refractivity contribution is 5.95. The molecule has 8 heteroatoms. The summed E-state index contributed by atoms with van der Waals surface area (Å²) in [6, 6.07) is 16.7. The maximum Gasteiger partial charge on any atom is 0.251 e. The van der Waals surface area contributed by atoms with Gasteiger partial charge in [0, 0.05) is 52.8 Å². The van der Waals surface area contributed by atoms with Crippen LogP contribution in [0.4, 0.5) is 5.69 Å². The molecule has 0 saturated carbocycles. The average molecular weight is 462 g/mol. The number of hydrogen-bond acceptors (Lipinski definition) is 6. The quantitative estimate of drug-likeness (QED) is 0.472. The number of carbonyl (C=O) groups excluding carboxylic acids is 2. The van der Waals surface area contributed by atoms with Gasteiger partial charge in [-0.05, 0) is 50.6 Å². The molecule has 8 nitrogen and oxygen atoms in total. The summed E-state index contributed by atoms with van der Waals surface area (Å²) in [4.78, 5) is 26.5. The third-order valence-corrected chi connectivity index (χ3v) is 4.87. The van der Waals surface area contributed by atoms with Crippen LogP contribution in [0.25, 0.3) is 0 Å². The monoisotopic (exact) mass is 461 g/mol. The van der Waals surface area contributed by atoms with Crippen molar-refractivity contribution in [2.24, 2.45) is 5.92 Å². The number of amides is 2. The van der Waals surface area contributed by atoms with Crippen molar-refractivity contribution in [2.75, 3.05) is 38.7 Å².